The van der Waals surface area contributed by atoms with Crippen molar-refractivity contribution in [3.63, 3.8) is 0 Å². The fourth-order valence-electron chi connectivity index (χ4n) is 3.89. The molecule has 1 saturated heterocycles. The minimum absolute atomic E-state index is 0.0226. The van der Waals surface area contributed by atoms with Crippen molar-refractivity contribution in [2.45, 2.75) is 46.4 Å². The Hall–Kier alpha value is -2.64. The molecule has 0 saturated carbocycles. The summed E-state index contributed by atoms with van der Waals surface area (Å²) >= 11 is 0. The molecule has 0 N–H and O–H groups in total. The molecule has 0 aromatic carbocycles. The largest absolute Gasteiger partial charge is 0.369 e. The van der Waals surface area contributed by atoms with Crippen LogP contribution < -0.4 is 0 Å². The van der Waals surface area contributed by atoms with Crippen LogP contribution in [0.5, 0.6) is 0 Å². The molecular weight excluding hydrogens is 364 g/mol. The van der Waals surface area contributed by atoms with E-state index in [-0.39, 0.29) is 6.10 Å². The van der Waals surface area contributed by atoms with Crippen LogP contribution in [-0.2, 0) is 11.3 Å². The third-order valence-corrected chi connectivity index (χ3v) is 5.51. The summed E-state index contributed by atoms with van der Waals surface area (Å²) in [5.74, 6) is 0. The van der Waals surface area contributed by atoms with E-state index in [0.717, 1.165) is 42.1 Å². The number of morpholine rings is 1. The van der Waals surface area contributed by atoms with E-state index in [1.54, 1.807) is 12.4 Å². The molecule has 29 heavy (non-hydrogen) atoms. The van der Waals surface area contributed by atoms with E-state index in [1.165, 1.54) is 17.6 Å². The van der Waals surface area contributed by atoms with Gasteiger partial charge in [0.15, 0.2) is 0 Å². The van der Waals surface area contributed by atoms with Crippen molar-refractivity contribution in [3.05, 3.63) is 59.7 Å². The molecule has 0 aliphatic carbocycles. The van der Waals surface area contributed by atoms with Gasteiger partial charge in [-0.05, 0) is 33.8 Å². The molecule has 3 aromatic heterocycles. The molecule has 0 bridgehead atoms. The van der Waals surface area contributed by atoms with Crippen molar-refractivity contribution in [1.29, 1.82) is 0 Å². The summed E-state index contributed by atoms with van der Waals surface area (Å²) < 4.78 is 8.15. The SMILES string of the molecule is Cc1nn(C(C)C)c(C)c1CN1CCO[C@@H](c2ccc(-c3cncnc3)cn2)C1. The Bertz CT molecular complexity index is 951. The zero-order chi connectivity index (χ0) is 20.4. The van der Waals surface area contributed by atoms with Crippen LogP contribution in [0.25, 0.3) is 11.1 Å². The maximum absolute atomic E-state index is 6.03. The van der Waals surface area contributed by atoms with E-state index < -0.39 is 0 Å². The zero-order valence-corrected chi connectivity index (χ0v) is 17.5. The number of nitrogens with zero attached hydrogens (tertiary/aromatic N) is 6. The highest BCUT2D eigenvalue weighted by Gasteiger charge is 2.25. The molecule has 152 valence electrons. The lowest BCUT2D eigenvalue weighted by Gasteiger charge is -2.32. The highest BCUT2D eigenvalue weighted by Crippen LogP contribution is 2.26. The smallest absolute Gasteiger partial charge is 0.115 e. The van der Waals surface area contributed by atoms with Gasteiger partial charge in [0.1, 0.15) is 12.4 Å². The lowest BCUT2D eigenvalue weighted by molar-refractivity contribution is -0.0351. The molecule has 7 heteroatoms. The lowest BCUT2D eigenvalue weighted by Crippen LogP contribution is -2.38. The number of aromatic nitrogens is 5. The second kappa shape index (κ2) is 8.39. The summed E-state index contributed by atoms with van der Waals surface area (Å²) in [6, 6.07) is 4.48. The van der Waals surface area contributed by atoms with Crippen LogP contribution in [0.15, 0.2) is 37.1 Å². The zero-order valence-electron chi connectivity index (χ0n) is 17.5. The average molecular weight is 393 g/mol. The molecule has 1 aliphatic heterocycles. The second-order valence-electron chi connectivity index (χ2n) is 7.88. The Kier molecular flexibility index (Phi) is 5.69. The van der Waals surface area contributed by atoms with Crippen molar-refractivity contribution in [1.82, 2.24) is 29.6 Å². The second-order valence-corrected chi connectivity index (χ2v) is 7.88. The molecule has 4 heterocycles. The highest BCUT2D eigenvalue weighted by molar-refractivity contribution is 5.60. The first kappa shape index (κ1) is 19.7. The van der Waals surface area contributed by atoms with Crippen LogP contribution in [-0.4, -0.2) is 49.3 Å². The predicted molar refractivity (Wildman–Crippen MR) is 111 cm³/mol. The molecule has 3 aromatic rings. The number of hydrogen-bond donors (Lipinski definition) is 0. The summed E-state index contributed by atoms with van der Waals surface area (Å²) in [6.07, 6.45) is 6.97. The number of ether oxygens (including phenoxy) is 1. The standard InChI is InChI=1S/C22H28N6O/c1-15(2)28-17(4)20(16(3)26-28)12-27-7-8-29-22(13-27)21-6-5-18(11-25-21)19-9-23-14-24-10-19/h5-6,9-11,14-15,22H,7-8,12-13H2,1-4H3/t22-/m1/s1. The number of aryl methyl sites for hydroxylation is 1. The van der Waals surface area contributed by atoms with Crippen LogP contribution >= 0.6 is 0 Å². The monoisotopic (exact) mass is 392 g/mol. The van der Waals surface area contributed by atoms with E-state index >= 15 is 0 Å². The van der Waals surface area contributed by atoms with Crippen molar-refractivity contribution >= 4 is 0 Å². The van der Waals surface area contributed by atoms with E-state index in [2.05, 4.69) is 58.3 Å². The van der Waals surface area contributed by atoms with Gasteiger partial charge in [0.2, 0.25) is 0 Å². The van der Waals surface area contributed by atoms with Gasteiger partial charge >= 0.3 is 0 Å². The maximum atomic E-state index is 6.03. The first-order chi connectivity index (χ1) is 14.0. The summed E-state index contributed by atoms with van der Waals surface area (Å²) in [7, 11) is 0. The molecule has 7 nitrogen and oxygen atoms in total. The first-order valence-electron chi connectivity index (χ1n) is 10.1. The highest BCUT2D eigenvalue weighted by atomic mass is 16.5. The number of pyridine rings is 1. The lowest BCUT2D eigenvalue weighted by atomic mass is 10.1. The summed E-state index contributed by atoms with van der Waals surface area (Å²) in [5.41, 5.74) is 6.63. The van der Waals surface area contributed by atoms with Gasteiger partial charge in [0.25, 0.3) is 0 Å². The van der Waals surface area contributed by atoms with Gasteiger partial charge in [-0.2, -0.15) is 5.10 Å². The summed E-state index contributed by atoms with van der Waals surface area (Å²) in [6.45, 7) is 12.0. The fraction of sp³-hybridized carbons (Fsp3) is 0.455. The van der Waals surface area contributed by atoms with Gasteiger partial charge < -0.3 is 4.74 Å². The van der Waals surface area contributed by atoms with E-state index in [1.807, 2.05) is 12.3 Å². The van der Waals surface area contributed by atoms with Crippen LogP contribution in [0.4, 0.5) is 0 Å². The normalized spacial score (nSPS) is 17.8. The molecule has 4 rings (SSSR count). The summed E-state index contributed by atoms with van der Waals surface area (Å²) in [5, 5.41) is 4.73. The molecular formula is C22H28N6O. The van der Waals surface area contributed by atoms with Crippen LogP contribution in [0.3, 0.4) is 0 Å². The fourth-order valence-corrected chi connectivity index (χ4v) is 3.89. The van der Waals surface area contributed by atoms with Gasteiger partial charge in [-0.15, -0.1) is 0 Å². The van der Waals surface area contributed by atoms with E-state index in [0.29, 0.717) is 12.6 Å². The molecule has 1 fully saturated rings. The molecule has 1 aliphatic rings. The van der Waals surface area contributed by atoms with Crippen molar-refractivity contribution in [3.8, 4) is 11.1 Å². The van der Waals surface area contributed by atoms with Gasteiger partial charge in [-0.3, -0.25) is 14.6 Å². The minimum atomic E-state index is -0.0226. The van der Waals surface area contributed by atoms with Crippen LogP contribution in [0, 0.1) is 13.8 Å². The molecule has 0 spiro atoms. The third kappa shape index (κ3) is 4.21. The average Bonchev–Trinajstić information content (AvgIpc) is 3.03. The molecule has 0 unspecified atom stereocenters. The first-order valence-corrected chi connectivity index (χ1v) is 10.1. The topological polar surface area (TPSA) is 69.0 Å². The van der Waals surface area contributed by atoms with Gasteiger partial charge in [0, 0.05) is 66.7 Å². The number of hydrogen-bond acceptors (Lipinski definition) is 6. The Balaban J connectivity index is 1.46. The van der Waals surface area contributed by atoms with Crippen molar-refractivity contribution < 1.29 is 4.74 Å². The van der Waals surface area contributed by atoms with Crippen LogP contribution in [0.1, 0.15) is 48.6 Å². The van der Waals surface area contributed by atoms with Gasteiger partial charge in [-0.25, -0.2) is 9.97 Å². The summed E-state index contributed by atoms with van der Waals surface area (Å²) in [4.78, 5) is 15.2. The minimum Gasteiger partial charge on any atom is -0.369 e. The quantitative estimate of drug-likeness (QED) is 0.662. The molecule has 0 amide bonds. The third-order valence-electron chi connectivity index (χ3n) is 5.51. The molecule has 1 atom stereocenters. The Labute approximate surface area is 171 Å². The van der Waals surface area contributed by atoms with Gasteiger partial charge in [-0.1, -0.05) is 6.07 Å². The van der Waals surface area contributed by atoms with Gasteiger partial charge in [0.05, 0.1) is 18.0 Å². The van der Waals surface area contributed by atoms with E-state index in [4.69, 9.17) is 9.84 Å². The van der Waals surface area contributed by atoms with Crippen LogP contribution in [0.2, 0.25) is 0 Å². The Morgan fingerprint density at radius 2 is 1.90 bits per heavy atom. The number of rotatable bonds is 5. The van der Waals surface area contributed by atoms with Crippen molar-refractivity contribution in [2.75, 3.05) is 19.7 Å². The Morgan fingerprint density at radius 3 is 2.55 bits per heavy atom. The maximum Gasteiger partial charge on any atom is 0.115 e. The molecule has 0 radical (unpaired) electrons. The Morgan fingerprint density at radius 1 is 1.10 bits per heavy atom. The van der Waals surface area contributed by atoms with E-state index in [9.17, 15) is 0 Å². The predicted octanol–water partition coefficient (Wildman–Crippen LogP) is 3.51. The van der Waals surface area contributed by atoms with Crippen molar-refractivity contribution in [2.24, 2.45) is 0 Å².